The van der Waals surface area contributed by atoms with Crippen molar-refractivity contribution in [1.29, 1.82) is 0 Å². The van der Waals surface area contributed by atoms with Crippen LogP contribution in [0.2, 0.25) is 0 Å². The van der Waals surface area contributed by atoms with Crippen LogP contribution in [0.1, 0.15) is 31.4 Å². The number of aliphatic hydroxyl groups is 1. The fourth-order valence-corrected chi connectivity index (χ4v) is 1.58. The lowest BCUT2D eigenvalue weighted by molar-refractivity contribution is -0.143. The molecule has 0 spiro atoms. The van der Waals surface area contributed by atoms with Crippen LogP contribution < -0.4 is 5.32 Å². The van der Waals surface area contributed by atoms with Gasteiger partial charge in [0.1, 0.15) is 6.04 Å². The molecule has 0 saturated carbocycles. The number of carboxylic acids is 1. The molecule has 2 atom stereocenters. The van der Waals surface area contributed by atoms with Gasteiger partial charge in [-0.25, -0.2) is 4.79 Å². The van der Waals surface area contributed by atoms with E-state index >= 15 is 0 Å². The van der Waals surface area contributed by atoms with Crippen molar-refractivity contribution in [3.05, 3.63) is 35.9 Å². The van der Waals surface area contributed by atoms with E-state index < -0.39 is 24.0 Å². The normalized spacial score (nSPS) is 13.7. The zero-order chi connectivity index (χ0) is 13.5. The van der Waals surface area contributed by atoms with Crippen molar-refractivity contribution in [2.24, 2.45) is 0 Å². The quantitative estimate of drug-likeness (QED) is 0.706. The number of aliphatic carboxylic acids is 1. The Morgan fingerprint density at radius 2 is 1.89 bits per heavy atom. The highest BCUT2D eigenvalue weighted by Crippen LogP contribution is 2.12. The Hall–Kier alpha value is -1.88. The van der Waals surface area contributed by atoms with Crippen molar-refractivity contribution >= 4 is 11.9 Å². The number of rotatable bonds is 6. The van der Waals surface area contributed by atoms with E-state index in [-0.39, 0.29) is 0 Å². The molecular weight excluding hydrogens is 234 g/mol. The van der Waals surface area contributed by atoms with Crippen LogP contribution in [0.5, 0.6) is 0 Å². The van der Waals surface area contributed by atoms with Crippen LogP contribution in [0.15, 0.2) is 30.3 Å². The van der Waals surface area contributed by atoms with Gasteiger partial charge in [0.2, 0.25) is 0 Å². The summed E-state index contributed by atoms with van der Waals surface area (Å²) >= 11 is 0. The Morgan fingerprint density at radius 3 is 2.39 bits per heavy atom. The van der Waals surface area contributed by atoms with Gasteiger partial charge in [-0.3, -0.25) is 4.79 Å². The lowest BCUT2D eigenvalue weighted by Crippen LogP contribution is -2.42. The third-order valence-corrected chi connectivity index (χ3v) is 2.56. The van der Waals surface area contributed by atoms with Crippen LogP contribution in [0.4, 0.5) is 0 Å². The van der Waals surface area contributed by atoms with Crippen molar-refractivity contribution in [2.75, 3.05) is 0 Å². The number of hydrogen-bond donors (Lipinski definition) is 3. The maximum atomic E-state index is 11.7. The lowest BCUT2D eigenvalue weighted by Gasteiger charge is -2.16. The van der Waals surface area contributed by atoms with Gasteiger partial charge >= 0.3 is 5.97 Å². The zero-order valence-electron chi connectivity index (χ0n) is 10.2. The highest BCUT2D eigenvalue weighted by Gasteiger charge is 2.23. The van der Waals surface area contributed by atoms with Gasteiger partial charge in [0.05, 0.1) is 0 Å². The highest BCUT2D eigenvalue weighted by atomic mass is 16.4. The zero-order valence-corrected chi connectivity index (χ0v) is 10.2. The van der Waals surface area contributed by atoms with E-state index in [2.05, 4.69) is 5.32 Å². The number of carboxylic acid groups (broad SMARTS) is 1. The maximum absolute atomic E-state index is 11.7. The van der Waals surface area contributed by atoms with Gasteiger partial charge in [0.15, 0.2) is 6.10 Å². The fourth-order valence-electron chi connectivity index (χ4n) is 1.58. The SMILES string of the molecule is CCC[C@H](NC(=O)[C@H](O)c1ccccc1)C(=O)O. The minimum Gasteiger partial charge on any atom is -0.480 e. The molecule has 0 aromatic heterocycles. The first-order chi connectivity index (χ1) is 8.56. The van der Waals surface area contributed by atoms with Gasteiger partial charge in [-0.15, -0.1) is 0 Å². The van der Waals surface area contributed by atoms with Crippen molar-refractivity contribution < 1.29 is 19.8 Å². The molecule has 0 aliphatic carbocycles. The predicted molar refractivity (Wildman–Crippen MR) is 65.9 cm³/mol. The molecule has 0 bridgehead atoms. The summed E-state index contributed by atoms with van der Waals surface area (Å²) < 4.78 is 0. The van der Waals surface area contributed by atoms with Crippen LogP contribution in [0.25, 0.3) is 0 Å². The molecule has 1 amide bonds. The van der Waals surface area contributed by atoms with Crippen LogP contribution in [-0.2, 0) is 9.59 Å². The van der Waals surface area contributed by atoms with E-state index in [1.54, 1.807) is 30.3 Å². The Labute approximate surface area is 105 Å². The number of carbonyl (C=O) groups is 2. The molecule has 1 aromatic rings. The standard InChI is InChI=1S/C13H17NO4/c1-2-6-10(13(17)18)14-12(16)11(15)9-7-4-3-5-8-9/h3-5,7-8,10-11,15H,2,6H2,1H3,(H,14,16)(H,17,18)/t10-,11+/m0/s1. The van der Waals surface area contributed by atoms with E-state index in [9.17, 15) is 14.7 Å². The first kappa shape index (κ1) is 14.2. The second kappa shape index (κ2) is 6.76. The molecule has 0 unspecified atom stereocenters. The number of hydrogen-bond acceptors (Lipinski definition) is 3. The van der Waals surface area contributed by atoms with Crippen LogP contribution in [-0.4, -0.2) is 28.1 Å². The summed E-state index contributed by atoms with van der Waals surface area (Å²) in [6.45, 7) is 1.83. The van der Waals surface area contributed by atoms with Crippen molar-refractivity contribution in [1.82, 2.24) is 5.32 Å². The number of amides is 1. The molecule has 0 aliphatic heterocycles. The number of carbonyl (C=O) groups excluding carboxylic acids is 1. The smallest absolute Gasteiger partial charge is 0.326 e. The fraction of sp³-hybridized carbons (Fsp3) is 0.385. The van der Waals surface area contributed by atoms with Gasteiger partial charge in [-0.2, -0.15) is 0 Å². The first-order valence-corrected chi connectivity index (χ1v) is 5.82. The van der Waals surface area contributed by atoms with Crippen LogP contribution in [0, 0.1) is 0 Å². The Balaban J connectivity index is 2.67. The molecule has 0 heterocycles. The molecule has 18 heavy (non-hydrogen) atoms. The second-order valence-corrected chi connectivity index (χ2v) is 4.00. The van der Waals surface area contributed by atoms with E-state index in [1.807, 2.05) is 6.92 Å². The lowest BCUT2D eigenvalue weighted by atomic mass is 10.1. The van der Waals surface area contributed by atoms with E-state index in [0.29, 0.717) is 18.4 Å². The van der Waals surface area contributed by atoms with E-state index in [4.69, 9.17) is 5.11 Å². The molecule has 1 rings (SSSR count). The summed E-state index contributed by atoms with van der Waals surface area (Å²) in [6, 6.07) is 7.44. The number of benzene rings is 1. The average Bonchev–Trinajstić information content (AvgIpc) is 2.38. The van der Waals surface area contributed by atoms with Gasteiger partial charge in [0, 0.05) is 0 Å². The summed E-state index contributed by atoms with van der Waals surface area (Å²) in [6.07, 6.45) is -0.369. The molecule has 5 heteroatoms. The summed E-state index contributed by atoms with van der Waals surface area (Å²) in [5, 5.41) is 21.0. The van der Waals surface area contributed by atoms with E-state index in [1.165, 1.54) is 0 Å². The Morgan fingerprint density at radius 1 is 1.28 bits per heavy atom. The Bertz CT molecular complexity index is 405. The molecule has 3 N–H and O–H groups in total. The van der Waals surface area contributed by atoms with Crippen molar-refractivity contribution in [2.45, 2.75) is 31.9 Å². The molecule has 98 valence electrons. The van der Waals surface area contributed by atoms with Crippen LogP contribution in [0.3, 0.4) is 0 Å². The van der Waals surface area contributed by atoms with Gasteiger partial charge < -0.3 is 15.5 Å². The van der Waals surface area contributed by atoms with Crippen LogP contribution >= 0.6 is 0 Å². The molecule has 0 fully saturated rings. The van der Waals surface area contributed by atoms with Gasteiger partial charge in [0.25, 0.3) is 5.91 Å². The minimum absolute atomic E-state index is 0.336. The molecule has 5 nitrogen and oxygen atoms in total. The predicted octanol–water partition coefficient (Wildman–Crippen LogP) is 1.09. The molecule has 0 radical (unpaired) electrons. The average molecular weight is 251 g/mol. The highest BCUT2D eigenvalue weighted by molar-refractivity contribution is 5.86. The van der Waals surface area contributed by atoms with Crippen molar-refractivity contribution in [3.8, 4) is 0 Å². The molecular formula is C13H17NO4. The number of aliphatic hydroxyl groups excluding tert-OH is 1. The largest absolute Gasteiger partial charge is 0.480 e. The van der Waals surface area contributed by atoms with E-state index in [0.717, 1.165) is 0 Å². The summed E-state index contributed by atoms with van der Waals surface area (Å²) in [5.74, 6) is -1.78. The summed E-state index contributed by atoms with van der Waals surface area (Å²) in [4.78, 5) is 22.6. The minimum atomic E-state index is -1.34. The first-order valence-electron chi connectivity index (χ1n) is 5.82. The Kier molecular flexibility index (Phi) is 5.32. The summed E-state index contributed by atoms with van der Waals surface area (Å²) in [5.41, 5.74) is 0.440. The second-order valence-electron chi connectivity index (χ2n) is 4.00. The topological polar surface area (TPSA) is 86.6 Å². The van der Waals surface area contributed by atoms with Gasteiger partial charge in [-0.05, 0) is 12.0 Å². The molecule has 0 saturated heterocycles. The number of nitrogens with one attached hydrogen (secondary N) is 1. The van der Waals surface area contributed by atoms with Crippen molar-refractivity contribution in [3.63, 3.8) is 0 Å². The van der Waals surface area contributed by atoms with Gasteiger partial charge in [-0.1, -0.05) is 43.7 Å². The third-order valence-electron chi connectivity index (χ3n) is 2.56. The third kappa shape index (κ3) is 3.85. The molecule has 1 aromatic carbocycles. The molecule has 0 aliphatic rings. The monoisotopic (exact) mass is 251 g/mol. The summed E-state index contributed by atoms with van der Waals surface area (Å²) in [7, 11) is 0. The maximum Gasteiger partial charge on any atom is 0.326 e.